The van der Waals surface area contributed by atoms with E-state index in [1.807, 2.05) is 30.9 Å². The molecular weight excluding hydrogens is 405 g/mol. The van der Waals surface area contributed by atoms with Crippen molar-refractivity contribution in [3.63, 3.8) is 0 Å². The predicted molar refractivity (Wildman–Crippen MR) is 101 cm³/mol. The zero-order valence-electron chi connectivity index (χ0n) is 17.1. The van der Waals surface area contributed by atoms with E-state index in [1.54, 1.807) is 6.20 Å². The minimum atomic E-state index is -5.08. The Morgan fingerprint density at radius 3 is 2.67 bits per heavy atom. The molecule has 0 radical (unpaired) electrons. The first-order valence-corrected chi connectivity index (χ1v) is 9.83. The highest BCUT2D eigenvalue weighted by molar-refractivity contribution is 5.94. The summed E-state index contributed by atoms with van der Waals surface area (Å²) < 4.78 is 43.6. The Morgan fingerprint density at radius 2 is 2.10 bits per heavy atom. The lowest BCUT2D eigenvalue weighted by Gasteiger charge is -2.44. The number of carboxylic acids is 1. The van der Waals surface area contributed by atoms with Crippen LogP contribution in [0.3, 0.4) is 0 Å². The largest absolute Gasteiger partial charge is 0.490 e. The Bertz CT molecular complexity index is 726. The molecule has 1 aromatic heterocycles. The van der Waals surface area contributed by atoms with Crippen LogP contribution in [0.1, 0.15) is 42.2 Å². The van der Waals surface area contributed by atoms with E-state index >= 15 is 0 Å². The van der Waals surface area contributed by atoms with E-state index in [2.05, 4.69) is 4.98 Å². The number of hydrogen-bond acceptors (Lipinski definition) is 5. The highest BCUT2D eigenvalue weighted by atomic mass is 19.4. The smallest absolute Gasteiger partial charge is 0.475 e. The van der Waals surface area contributed by atoms with Gasteiger partial charge in [0.2, 0.25) is 0 Å². The fraction of sp³-hybridized carbons (Fsp3) is 0.650. The molecule has 2 atom stereocenters. The Labute approximate surface area is 173 Å². The highest BCUT2D eigenvalue weighted by Crippen LogP contribution is 2.41. The number of alkyl halides is 3. The number of aryl methyl sites for hydroxylation is 1. The number of pyridine rings is 1. The van der Waals surface area contributed by atoms with Crippen molar-refractivity contribution in [3.8, 4) is 0 Å². The molecule has 1 saturated heterocycles. The molecule has 1 spiro atoms. The number of rotatable bonds is 4. The number of hydrogen-bond donors (Lipinski definition) is 1. The second-order valence-electron chi connectivity index (χ2n) is 7.38. The van der Waals surface area contributed by atoms with Gasteiger partial charge in [-0.25, -0.2) is 4.79 Å². The van der Waals surface area contributed by atoms with Crippen molar-refractivity contribution in [3.05, 3.63) is 29.6 Å². The lowest BCUT2D eigenvalue weighted by molar-refractivity contribution is -0.192. The van der Waals surface area contributed by atoms with Gasteiger partial charge in [0.1, 0.15) is 0 Å². The topological polar surface area (TPSA) is 89.0 Å². The summed E-state index contributed by atoms with van der Waals surface area (Å²) in [7, 11) is 0. The molecule has 2 heterocycles. The van der Waals surface area contributed by atoms with Gasteiger partial charge in [-0.2, -0.15) is 13.2 Å². The standard InChI is InChI=1S/C18H26N2O3.C2HF3O2/c1-3-22-12-16-5-4-8-18(16)13-20(9-10-23-18)17(21)15-7-6-14(2)19-11-15;3-2(4,5)1(6)7/h6-7,11,16H,3-5,8-10,12-13H2,1-2H3;(H,6,7)/t16-,18-;/m0./s1. The monoisotopic (exact) mass is 432 g/mol. The van der Waals surface area contributed by atoms with Crippen LogP contribution in [0.4, 0.5) is 13.2 Å². The molecule has 0 unspecified atom stereocenters. The minimum Gasteiger partial charge on any atom is -0.475 e. The Morgan fingerprint density at radius 1 is 1.40 bits per heavy atom. The predicted octanol–water partition coefficient (Wildman–Crippen LogP) is 3.07. The van der Waals surface area contributed by atoms with Crippen LogP contribution in [-0.4, -0.2) is 71.6 Å². The molecule has 1 aromatic rings. The SMILES string of the molecule is CCOC[C@@H]1CCC[C@]12CN(C(=O)c1ccc(C)nc1)CCO2.O=C(O)C(F)(F)F. The van der Waals surface area contributed by atoms with Crippen molar-refractivity contribution in [2.24, 2.45) is 5.92 Å². The van der Waals surface area contributed by atoms with E-state index in [-0.39, 0.29) is 11.5 Å². The fourth-order valence-corrected chi connectivity index (χ4v) is 3.77. The molecule has 1 saturated carbocycles. The summed E-state index contributed by atoms with van der Waals surface area (Å²) >= 11 is 0. The number of aromatic nitrogens is 1. The molecule has 0 bridgehead atoms. The van der Waals surface area contributed by atoms with Gasteiger partial charge in [-0.15, -0.1) is 0 Å². The number of ether oxygens (including phenoxy) is 2. The van der Waals surface area contributed by atoms with Crippen LogP contribution in [0.15, 0.2) is 18.3 Å². The number of carbonyl (C=O) groups is 2. The molecule has 2 fully saturated rings. The summed E-state index contributed by atoms with van der Waals surface area (Å²) in [6, 6.07) is 3.75. The fourth-order valence-electron chi connectivity index (χ4n) is 3.77. The third-order valence-electron chi connectivity index (χ3n) is 5.32. The molecule has 168 valence electrons. The molecule has 7 nitrogen and oxygen atoms in total. The lowest BCUT2D eigenvalue weighted by Crippen LogP contribution is -2.56. The molecule has 1 aliphatic carbocycles. The summed E-state index contributed by atoms with van der Waals surface area (Å²) in [4.78, 5) is 27.8. The van der Waals surface area contributed by atoms with Crippen LogP contribution in [0.2, 0.25) is 0 Å². The number of aliphatic carboxylic acids is 1. The van der Waals surface area contributed by atoms with Crippen molar-refractivity contribution in [1.82, 2.24) is 9.88 Å². The van der Waals surface area contributed by atoms with Crippen LogP contribution in [-0.2, 0) is 14.3 Å². The molecule has 1 aliphatic heterocycles. The summed E-state index contributed by atoms with van der Waals surface area (Å²) in [6.07, 6.45) is -0.132. The number of carbonyl (C=O) groups excluding carboxylic acids is 1. The summed E-state index contributed by atoms with van der Waals surface area (Å²) in [6.45, 7) is 7.31. The second kappa shape index (κ2) is 10.2. The number of amides is 1. The van der Waals surface area contributed by atoms with Gasteiger partial charge >= 0.3 is 12.1 Å². The molecule has 1 N–H and O–H groups in total. The Balaban J connectivity index is 0.000000396. The van der Waals surface area contributed by atoms with Gasteiger partial charge < -0.3 is 19.5 Å². The maximum Gasteiger partial charge on any atom is 0.490 e. The van der Waals surface area contributed by atoms with Crippen molar-refractivity contribution >= 4 is 11.9 Å². The van der Waals surface area contributed by atoms with Crippen molar-refractivity contribution < 1.29 is 37.3 Å². The van der Waals surface area contributed by atoms with E-state index in [0.29, 0.717) is 31.2 Å². The van der Waals surface area contributed by atoms with Crippen LogP contribution in [0.5, 0.6) is 0 Å². The van der Waals surface area contributed by atoms with E-state index in [4.69, 9.17) is 19.4 Å². The van der Waals surface area contributed by atoms with E-state index in [9.17, 15) is 18.0 Å². The van der Waals surface area contributed by atoms with E-state index in [1.165, 1.54) is 0 Å². The van der Waals surface area contributed by atoms with Gasteiger partial charge in [0.15, 0.2) is 0 Å². The summed E-state index contributed by atoms with van der Waals surface area (Å²) in [5.74, 6) is -2.32. The highest BCUT2D eigenvalue weighted by Gasteiger charge is 2.47. The van der Waals surface area contributed by atoms with Gasteiger partial charge in [-0.3, -0.25) is 9.78 Å². The number of nitrogens with zero attached hydrogens (tertiary/aromatic N) is 2. The van der Waals surface area contributed by atoms with Crippen LogP contribution in [0, 0.1) is 12.8 Å². The van der Waals surface area contributed by atoms with E-state index in [0.717, 1.165) is 38.2 Å². The van der Waals surface area contributed by atoms with Gasteiger partial charge in [0.05, 0.1) is 30.9 Å². The first-order valence-electron chi connectivity index (χ1n) is 9.83. The average molecular weight is 432 g/mol. The van der Waals surface area contributed by atoms with Gasteiger partial charge in [-0.05, 0) is 38.8 Å². The molecular formula is C20H27F3N2O5. The van der Waals surface area contributed by atoms with Crippen molar-refractivity contribution in [2.75, 3.05) is 32.9 Å². The number of morpholine rings is 1. The number of halogens is 3. The van der Waals surface area contributed by atoms with Crippen molar-refractivity contribution in [2.45, 2.75) is 44.9 Å². The minimum absolute atomic E-state index is 0.0576. The molecule has 1 amide bonds. The third kappa shape index (κ3) is 6.15. The molecule has 0 aromatic carbocycles. The van der Waals surface area contributed by atoms with Crippen LogP contribution < -0.4 is 0 Å². The quantitative estimate of drug-likeness (QED) is 0.787. The molecule has 2 aliphatic rings. The van der Waals surface area contributed by atoms with Crippen molar-refractivity contribution in [1.29, 1.82) is 0 Å². The van der Waals surface area contributed by atoms with Gasteiger partial charge in [0, 0.05) is 31.0 Å². The van der Waals surface area contributed by atoms with Crippen LogP contribution in [0.25, 0.3) is 0 Å². The second-order valence-corrected chi connectivity index (χ2v) is 7.38. The zero-order valence-corrected chi connectivity index (χ0v) is 17.1. The lowest BCUT2D eigenvalue weighted by atomic mass is 9.89. The molecule has 30 heavy (non-hydrogen) atoms. The summed E-state index contributed by atoms with van der Waals surface area (Å²) in [5.41, 5.74) is 1.36. The molecule has 3 rings (SSSR count). The maximum absolute atomic E-state index is 12.8. The first kappa shape index (κ1) is 24.1. The third-order valence-corrected chi connectivity index (χ3v) is 5.32. The first-order chi connectivity index (χ1) is 14.1. The van der Waals surface area contributed by atoms with Crippen LogP contribution >= 0.6 is 0 Å². The number of carboxylic acid groups (broad SMARTS) is 1. The normalized spacial score (nSPS) is 23.8. The average Bonchev–Trinajstić information content (AvgIpc) is 3.07. The maximum atomic E-state index is 12.8. The zero-order chi connectivity index (χ0) is 22.4. The Hall–Kier alpha value is -2.20. The Kier molecular flexibility index (Phi) is 8.19. The van der Waals surface area contributed by atoms with E-state index < -0.39 is 12.1 Å². The summed E-state index contributed by atoms with van der Waals surface area (Å²) in [5, 5.41) is 7.12. The molecule has 10 heteroatoms. The van der Waals surface area contributed by atoms with Gasteiger partial charge in [0.25, 0.3) is 5.91 Å². The van der Waals surface area contributed by atoms with Gasteiger partial charge in [-0.1, -0.05) is 6.42 Å².